The number of hydrogen-bond acceptors (Lipinski definition) is 12. The number of hydrogen-bond donors (Lipinski definition) is 2. The third kappa shape index (κ3) is 4.93. The van der Waals surface area contributed by atoms with E-state index in [9.17, 15) is 0 Å². The van der Waals surface area contributed by atoms with E-state index < -0.39 is 0 Å². The zero-order chi connectivity index (χ0) is 24.7. The lowest BCUT2D eigenvalue weighted by molar-refractivity contribution is 0.0626. The molecule has 12 nitrogen and oxygen atoms in total. The minimum Gasteiger partial charge on any atom is -0.471 e. The van der Waals surface area contributed by atoms with Crippen LogP contribution < -0.4 is 9.47 Å². The zero-order valence-corrected chi connectivity index (χ0v) is 19.3. The molecule has 0 aliphatic rings. The summed E-state index contributed by atoms with van der Waals surface area (Å²) in [5.74, 6) is 0.270. The summed E-state index contributed by atoms with van der Waals surface area (Å²) in [6.45, 7) is 1.10. The molecule has 186 valence electrons. The van der Waals surface area contributed by atoms with E-state index in [0.717, 1.165) is 21.8 Å². The van der Waals surface area contributed by atoms with E-state index in [4.69, 9.17) is 39.1 Å². The predicted octanol–water partition coefficient (Wildman–Crippen LogP) is 1.44. The van der Waals surface area contributed by atoms with E-state index in [1.54, 1.807) is 12.4 Å². The topological polar surface area (TPSA) is 155 Å². The maximum Gasteiger partial charge on any atom is 0.280 e. The van der Waals surface area contributed by atoms with Crippen LogP contribution >= 0.6 is 0 Å². The number of ether oxygens (including phenoxy) is 4. The fraction of sp³-hybridized carbons (Fsp3) is 0.333. The molecule has 1 aromatic carbocycles. The summed E-state index contributed by atoms with van der Waals surface area (Å²) in [5.41, 5.74) is 3.27. The van der Waals surface area contributed by atoms with Crippen LogP contribution in [0, 0.1) is 0 Å². The van der Waals surface area contributed by atoms with Gasteiger partial charge in [0.2, 0.25) is 11.3 Å². The molecule has 0 saturated heterocycles. The van der Waals surface area contributed by atoms with Crippen molar-refractivity contribution in [2.45, 2.75) is 0 Å². The van der Waals surface area contributed by atoms with Gasteiger partial charge in [0.15, 0.2) is 0 Å². The summed E-state index contributed by atoms with van der Waals surface area (Å²) < 4.78 is 22.0. The Morgan fingerprint density at radius 1 is 0.556 bits per heavy atom. The highest BCUT2D eigenvalue weighted by Gasteiger charge is 2.18. The molecule has 4 heterocycles. The van der Waals surface area contributed by atoms with Crippen molar-refractivity contribution < 1.29 is 29.2 Å². The summed E-state index contributed by atoms with van der Waals surface area (Å²) in [6.07, 6.45) is 3.44. The van der Waals surface area contributed by atoms with Gasteiger partial charge in [-0.1, -0.05) is 0 Å². The molecule has 0 amide bonds. The SMILES string of the molecule is OCCOCCOc1nc2nc3c4cccnc4c4ncccc4c3nc2nc1OCCOCCO. The lowest BCUT2D eigenvalue weighted by Gasteiger charge is -2.13. The van der Waals surface area contributed by atoms with Crippen molar-refractivity contribution in [2.24, 2.45) is 0 Å². The molecule has 36 heavy (non-hydrogen) atoms. The number of aromatic nitrogens is 6. The molecular formula is C24H24N6O6. The standard InChI is InChI=1S/C24H24N6O6/c31-7-9-33-11-13-35-23-24(36-14-12-34-10-8-32)30-22-21(29-23)27-19-15-3-1-5-25-17(15)18-16(20(19)28-22)4-2-6-26-18/h1-6,31-32H,7-14H2. The van der Waals surface area contributed by atoms with Gasteiger partial charge < -0.3 is 29.2 Å². The van der Waals surface area contributed by atoms with E-state index >= 15 is 0 Å². The second-order valence-electron chi connectivity index (χ2n) is 7.57. The molecule has 0 spiro atoms. The zero-order valence-electron chi connectivity index (χ0n) is 19.3. The van der Waals surface area contributed by atoms with Crippen molar-refractivity contribution in [1.82, 2.24) is 29.9 Å². The largest absolute Gasteiger partial charge is 0.471 e. The molecule has 5 aromatic rings. The van der Waals surface area contributed by atoms with E-state index in [1.807, 2.05) is 24.3 Å². The summed E-state index contributed by atoms with van der Waals surface area (Å²) in [6, 6.07) is 7.52. The van der Waals surface area contributed by atoms with Gasteiger partial charge in [0.05, 0.1) is 50.7 Å². The Kier molecular flexibility index (Phi) is 7.47. The van der Waals surface area contributed by atoms with Crippen LogP contribution in [0.5, 0.6) is 11.8 Å². The molecule has 0 aliphatic heterocycles. The maximum absolute atomic E-state index is 8.87. The van der Waals surface area contributed by atoms with Crippen molar-refractivity contribution in [3.8, 4) is 11.8 Å². The van der Waals surface area contributed by atoms with Crippen LogP contribution in [0.15, 0.2) is 36.7 Å². The lowest BCUT2D eigenvalue weighted by Crippen LogP contribution is -2.14. The molecule has 0 fully saturated rings. The number of nitrogens with zero attached hydrogens (tertiary/aromatic N) is 6. The minimum atomic E-state index is -0.0757. The summed E-state index contributed by atoms with van der Waals surface area (Å²) in [5, 5.41) is 19.3. The molecule has 0 radical (unpaired) electrons. The lowest BCUT2D eigenvalue weighted by atomic mass is 10.1. The van der Waals surface area contributed by atoms with E-state index in [2.05, 4.69) is 19.9 Å². The Morgan fingerprint density at radius 2 is 1.03 bits per heavy atom. The van der Waals surface area contributed by atoms with E-state index in [0.29, 0.717) is 11.0 Å². The van der Waals surface area contributed by atoms with Crippen molar-refractivity contribution in [1.29, 1.82) is 0 Å². The Bertz CT molecular complexity index is 1390. The van der Waals surface area contributed by atoms with Gasteiger partial charge in [-0.3, -0.25) is 9.97 Å². The molecular weight excluding hydrogens is 468 g/mol. The van der Waals surface area contributed by atoms with E-state index in [1.165, 1.54) is 0 Å². The predicted molar refractivity (Wildman–Crippen MR) is 130 cm³/mol. The molecule has 0 atom stereocenters. The fourth-order valence-corrected chi connectivity index (χ4v) is 3.72. The monoisotopic (exact) mass is 492 g/mol. The van der Waals surface area contributed by atoms with Crippen molar-refractivity contribution in [3.63, 3.8) is 0 Å². The highest BCUT2D eigenvalue weighted by molar-refractivity contribution is 6.21. The first-order valence-electron chi connectivity index (χ1n) is 11.4. The first-order valence-corrected chi connectivity index (χ1v) is 11.4. The molecule has 12 heteroatoms. The molecule has 4 aromatic heterocycles. The number of pyridine rings is 2. The first kappa shape index (κ1) is 23.9. The van der Waals surface area contributed by atoms with Crippen molar-refractivity contribution in [3.05, 3.63) is 36.7 Å². The van der Waals surface area contributed by atoms with Crippen molar-refractivity contribution >= 4 is 44.1 Å². The number of benzene rings is 1. The third-order valence-electron chi connectivity index (χ3n) is 5.21. The average molecular weight is 492 g/mol. The summed E-state index contributed by atoms with van der Waals surface area (Å²) in [7, 11) is 0. The average Bonchev–Trinajstić information content (AvgIpc) is 2.92. The number of aliphatic hydroxyl groups is 2. The first-order chi connectivity index (χ1) is 17.8. The quantitative estimate of drug-likeness (QED) is 0.147. The van der Waals surface area contributed by atoms with Gasteiger partial charge in [-0.05, 0) is 24.3 Å². The van der Waals surface area contributed by atoms with Gasteiger partial charge in [-0.25, -0.2) is 9.97 Å². The van der Waals surface area contributed by atoms with Crippen LogP contribution in [0.3, 0.4) is 0 Å². The third-order valence-corrected chi connectivity index (χ3v) is 5.21. The summed E-state index contributed by atoms with van der Waals surface area (Å²) in [4.78, 5) is 27.7. The molecule has 5 rings (SSSR count). The number of aliphatic hydroxyl groups excluding tert-OH is 2. The Labute approximate surface area is 204 Å². The van der Waals surface area contributed by atoms with Crippen LogP contribution in [0.1, 0.15) is 0 Å². The second-order valence-corrected chi connectivity index (χ2v) is 7.57. The van der Waals surface area contributed by atoms with Gasteiger partial charge in [0.1, 0.15) is 24.2 Å². The Balaban J connectivity index is 1.59. The number of rotatable bonds is 12. The molecule has 0 aliphatic carbocycles. The fourth-order valence-electron chi connectivity index (χ4n) is 3.72. The Hall–Kier alpha value is -3.84. The highest BCUT2D eigenvalue weighted by Crippen LogP contribution is 2.32. The Morgan fingerprint density at radius 3 is 1.47 bits per heavy atom. The van der Waals surface area contributed by atoms with Crippen LogP contribution in [0.2, 0.25) is 0 Å². The highest BCUT2D eigenvalue weighted by atomic mass is 16.6. The van der Waals surface area contributed by atoms with Gasteiger partial charge in [0, 0.05) is 23.2 Å². The maximum atomic E-state index is 8.87. The van der Waals surface area contributed by atoms with Crippen LogP contribution in [-0.4, -0.2) is 93.0 Å². The van der Waals surface area contributed by atoms with Crippen LogP contribution in [0.25, 0.3) is 44.1 Å². The van der Waals surface area contributed by atoms with Gasteiger partial charge >= 0.3 is 0 Å². The molecule has 2 N–H and O–H groups in total. The smallest absolute Gasteiger partial charge is 0.280 e. The van der Waals surface area contributed by atoms with Gasteiger partial charge in [-0.2, -0.15) is 9.97 Å². The minimum absolute atomic E-state index is 0.0757. The molecule has 0 bridgehead atoms. The van der Waals surface area contributed by atoms with Crippen molar-refractivity contribution in [2.75, 3.05) is 52.9 Å². The number of fused-ring (bicyclic) bond motifs is 7. The van der Waals surface area contributed by atoms with Crippen LogP contribution in [0.4, 0.5) is 0 Å². The molecule has 0 unspecified atom stereocenters. The van der Waals surface area contributed by atoms with Gasteiger partial charge in [0.25, 0.3) is 11.8 Å². The van der Waals surface area contributed by atoms with Gasteiger partial charge in [-0.15, -0.1) is 0 Å². The summed E-state index contributed by atoms with van der Waals surface area (Å²) >= 11 is 0. The normalized spacial score (nSPS) is 11.6. The van der Waals surface area contributed by atoms with Crippen LogP contribution in [-0.2, 0) is 9.47 Å². The second kappa shape index (κ2) is 11.3. The molecule has 0 saturated carbocycles. The van der Waals surface area contributed by atoms with E-state index in [-0.39, 0.29) is 75.9 Å².